The lowest BCUT2D eigenvalue weighted by Crippen LogP contribution is -2.30. The monoisotopic (exact) mass is 308 g/mol. The zero-order valence-corrected chi connectivity index (χ0v) is 12.4. The summed E-state index contributed by atoms with van der Waals surface area (Å²) in [6, 6.07) is 5.57. The second-order valence-corrected chi connectivity index (χ2v) is 4.21. The van der Waals surface area contributed by atoms with E-state index in [0.717, 1.165) is 4.68 Å². The van der Waals surface area contributed by atoms with Gasteiger partial charge in [-0.05, 0) is 24.6 Å². The number of rotatable bonds is 6. The largest absolute Gasteiger partial charge is 0.497 e. The number of methoxy groups -OCH3 is 2. The minimum atomic E-state index is -1.06. The average molecular weight is 308 g/mol. The standard InChI is InChI=1S/C14H16N2O6/c1-4-21-12(17)11(9-5-7-10(19-2)8-6-9)16-14(18)22-13(15-16)20-3/h5-8,11H,4H2,1-3H3. The molecular formula is C14H16N2O6. The molecule has 0 N–H and O–H groups in total. The molecule has 0 fully saturated rings. The minimum Gasteiger partial charge on any atom is -0.497 e. The quantitative estimate of drug-likeness (QED) is 0.735. The van der Waals surface area contributed by atoms with Crippen LogP contribution in [0.4, 0.5) is 0 Å². The van der Waals surface area contributed by atoms with E-state index in [1.165, 1.54) is 14.2 Å². The van der Waals surface area contributed by atoms with Gasteiger partial charge in [-0.15, -0.1) is 0 Å². The first-order valence-electron chi connectivity index (χ1n) is 6.55. The molecule has 1 aromatic heterocycles. The molecule has 1 heterocycles. The highest BCUT2D eigenvalue weighted by Crippen LogP contribution is 2.22. The first-order valence-corrected chi connectivity index (χ1v) is 6.55. The van der Waals surface area contributed by atoms with Crippen molar-refractivity contribution in [3.8, 4) is 11.8 Å². The number of hydrogen-bond donors (Lipinski definition) is 0. The van der Waals surface area contributed by atoms with Crippen LogP contribution in [-0.4, -0.2) is 36.6 Å². The Kier molecular flexibility index (Phi) is 4.82. The molecule has 1 aromatic carbocycles. The summed E-state index contributed by atoms with van der Waals surface area (Å²) in [7, 11) is 2.84. The molecular weight excluding hydrogens is 292 g/mol. The molecule has 1 atom stereocenters. The van der Waals surface area contributed by atoms with Crippen LogP contribution < -0.4 is 15.2 Å². The number of aromatic nitrogens is 2. The predicted molar refractivity (Wildman–Crippen MR) is 75.1 cm³/mol. The van der Waals surface area contributed by atoms with Crippen LogP contribution in [0.1, 0.15) is 18.5 Å². The van der Waals surface area contributed by atoms with Crippen LogP contribution >= 0.6 is 0 Å². The molecule has 0 aliphatic rings. The van der Waals surface area contributed by atoms with E-state index >= 15 is 0 Å². The van der Waals surface area contributed by atoms with Crippen molar-refractivity contribution in [3.05, 3.63) is 40.4 Å². The van der Waals surface area contributed by atoms with Crippen molar-refractivity contribution in [1.29, 1.82) is 0 Å². The molecule has 0 spiro atoms. The van der Waals surface area contributed by atoms with Gasteiger partial charge in [0.2, 0.25) is 0 Å². The molecule has 0 aliphatic heterocycles. The maximum atomic E-state index is 12.2. The van der Waals surface area contributed by atoms with Crippen LogP contribution in [0, 0.1) is 0 Å². The topological polar surface area (TPSA) is 92.8 Å². The highest BCUT2D eigenvalue weighted by atomic mass is 16.6. The van der Waals surface area contributed by atoms with Crippen molar-refractivity contribution >= 4 is 5.97 Å². The number of esters is 1. The Balaban J connectivity index is 2.47. The summed E-state index contributed by atoms with van der Waals surface area (Å²) in [5.74, 6) is -0.812. The molecule has 8 heteroatoms. The molecule has 0 saturated carbocycles. The third-order valence-electron chi connectivity index (χ3n) is 2.91. The van der Waals surface area contributed by atoms with E-state index in [1.54, 1.807) is 31.2 Å². The Labute approximate surface area is 126 Å². The molecule has 0 bridgehead atoms. The summed E-state index contributed by atoms with van der Waals surface area (Å²) >= 11 is 0. The van der Waals surface area contributed by atoms with Gasteiger partial charge in [-0.25, -0.2) is 9.59 Å². The number of carbonyl (C=O) groups excluding carboxylic acids is 1. The Hall–Kier alpha value is -2.77. The number of hydrogen-bond acceptors (Lipinski definition) is 7. The van der Waals surface area contributed by atoms with Gasteiger partial charge in [0.1, 0.15) is 5.75 Å². The highest BCUT2D eigenvalue weighted by Gasteiger charge is 2.29. The number of benzene rings is 1. The van der Waals surface area contributed by atoms with Crippen molar-refractivity contribution in [3.63, 3.8) is 0 Å². The van der Waals surface area contributed by atoms with E-state index in [4.69, 9.17) is 18.6 Å². The van der Waals surface area contributed by atoms with Crippen molar-refractivity contribution in [2.75, 3.05) is 20.8 Å². The van der Waals surface area contributed by atoms with E-state index < -0.39 is 17.8 Å². The predicted octanol–water partition coefficient (Wildman–Crippen LogP) is 1.01. The van der Waals surface area contributed by atoms with E-state index in [9.17, 15) is 9.59 Å². The normalized spacial score (nSPS) is 11.8. The summed E-state index contributed by atoms with van der Waals surface area (Å²) in [5.41, 5.74) is 0.511. The van der Waals surface area contributed by atoms with Gasteiger partial charge in [0.25, 0.3) is 0 Å². The summed E-state index contributed by atoms with van der Waals surface area (Å²) in [6.45, 7) is 1.85. The fourth-order valence-electron chi connectivity index (χ4n) is 1.90. The minimum absolute atomic E-state index is 0.176. The van der Waals surface area contributed by atoms with E-state index in [2.05, 4.69) is 5.10 Å². The third-order valence-corrected chi connectivity index (χ3v) is 2.91. The summed E-state index contributed by atoms with van der Waals surface area (Å²) in [6.07, 6.45) is -0.229. The first kappa shape index (κ1) is 15.6. The zero-order chi connectivity index (χ0) is 16.1. The van der Waals surface area contributed by atoms with Crippen LogP contribution in [0.2, 0.25) is 0 Å². The first-order chi connectivity index (χ1) is 10.6. The molecule has 0 amide bonds. The van der Waals surface area contributed by atoms with Gasteiger partial charge in [-0.2, -0.15) is 4.68 Å². The molecule has 118 valence electrons. The summed E-state index contributed by atoms with van der Waals surface area (Å²) in [5, 5.41) is 3.83. The van der Waals surface area contributed by atoms with Gasteiger partial charge in [0.15, 0.2) is 6.04 Å². The van der Waals surface area contributed by atoms with E-state index in [1.807, 2.05) is 0 Å². The van der Waals surface area contributed by atoms with Crippen molar-refractivity contribution < 1.29 is 23.4 Å². The molecule has 2 aromatic rings. The molecule has 0 aliphatic carbocycles. The van der Waals surface area contributed by atoms with Gasteiger partial charge in [-0.1, -0.05) is 17.2 Å². The molecule has 1 unspecified atom stereocenters. The van der Waals surface area contributed by atoms with Gasteiger partial charge in [0.05, 0.1) is 20.8 Å². The maximum absolute atomic E-state index is 12.2. The van der Waals surface area contributed by atoms with Gasteiger partial charge in [-0.3, -0.25) is 0 Å². The Morgan fingerprint density at radius 1 is 1.27 bits per heavy atom. The van der Waals surface area contributed by atoms with Crippen LogP contribution in [-0.2, 0) is 9.53 Å². The maximum Gasteiger partial charge on any atom is 0.440 e. The highest BCUT2D eigenvalue weighted by molar-refractivity contribution is 5.78. The molecule has 0 radical (unpaired) electrons. The summed E-state index contributed by atoms with van der Waals surface area (Å²) < 4.78 is 20.5. The van der Waals surface area contributed by atoms with Crippen LogP contribution in [0.25, 0.3) is 0 Å². The Morgan fingerprint density at radius 3 is 2.45 bits per heavy atom. The number of ether oxygens (including phenoxy) is 3. The SMILES string of the molecule is CCOC(=O)C(c1ccc(OC)cc1)n1nc(OC)oc1=O. The lowest BCUT2D eigenvalue weighted by molar-refractivity contribution is -0.146. The van der Waals surface area contributed by atoms with Crippen molar-refractivity contribution in [2.24, 2.45) is 0 Å². The fourth-order valence-corrected chi connectivity index (χ4v) is 1.90. The number of carbonyl (C=O) groups is 1. The van der Waals surface area contributed by atoms with Crippen LogP contribution in [0.3, 0.4) is 0 Å². The van der Waals surface area contributed by atoms with E-state index in [-0.39, 0.29) is 12.7 Å². The Bertz CT molecular complexity index is 688. The van der Waals surface area contributed by atoms with Crippen molar-refractivity contribution in [2.45, 2.75) is 13.0 Å². The average Bonchev–Trinajstić information content (AvgIpc) is 2.89. The second kappa shape index (κ2) is 6.79. The Morgan fingerprint density at radius 2 is 1.95 bits per heavy atom. The van der Waals surface area contributed by atoms with Gasteiger partial charge in [0, 0.05) is 0 Å². The smallest absolute Gasteiger partial charge is 0.440 e. The van der Waals surface area contributed by atoms with Gasteiger partial charge >= 0.3 is 17.8 Å². The summed E-state index contributed by atoms with van der Waals surface area (Å²) in [4.78, 5) is 24.1. The van der Waals surface area contributed by atoms with Crippen LogP contribution in [0.5, 0.6) is 11.8 Å². The molecule has 22 heavy (non-hydrogen) atoms. The second-order valence-electron chi connectivity index (χ2n) is 4.21. The fraction of sp³-hybridized carbons (Fsp3) is 0.357. The number of nitrogens with zero attached hydrogens (tertiary/aromatic N) is 2. The molecule has 2 rings (SSSR count). The zero-order valence-electron chi connectivity index (χ0n) is 12.4. The van der Waals surface area contributed by atoms with E-state index in [0.29, 0.717) is 11.3 Å². The lowest BCUT2D eigenvalue weighted by Gasteiger charge is -2.15. The molecule has 8 nitrogen and oxygen atoms in total. The third kappa shape index (κ3) is 3.11. The lowest BCUT2D eigenvalue weighted by atomic mass is 10.1. The molecule has 0 saturated heterocycles. The van der Waals surface area contributed by atoms with Gasteiger partial charge < -0.3 is 18.6 Å². The van der Waals surface area contributed by atoms with Crippen LogP contribution in [0.15, 0.2) is 33.5 Å². The van der Waals surface area contributed by atoms with Crippen molar-refractivity contribution in [1.82, 2.24) is 9.78 Å².